The fourth-order valence-corrected chi connectivity index (χ4v) is 2.65. The Morgan fingerprint density at radius 1 is 0.704 bits per heavy atom. The van der Waals surface area contributed by atoms with Crippen LogP contribution >= 0.6 is 7.82 Å². The topological polar surface area (TPSA) is 115 Å². The van der Waals surface area contributed by atoms with Gasteiger partial charge in [-0.1, -0.05) is 96.8 Å². The van der Waals surface area contributed by atoms with E-state index in [2.05, 4.69) is 6.92 Å². The van der Waals surface area contributed by atoms with Crippen LogP contribution in [0.1, 0.15) is 115 Å². The number of carboxylic acid groups (broad SMARTS) is 1. The molecule has 0 atom stereocenters. The minimum Gasteiger partial charge on any atom is -1.00 e. The first-order valence-electron chi connectivity index (χ1n) is 9.77. The summed E-state index contributed by atoms with van der Waals surface area (Å²) in [7, 11) is -4.64. The molecule has 0 saturated heterocycles. The van der Waals surface area contributed by atoms with Gasteiger partial charge < -0.3 is 25.5 Å². The third-order valence-corrected chi connectivity index (χ3v) is 3.99. The Hall–Kier alpha value is 1.61. The van der Waals surface area contributed by atoms with Crippen molar-refractivity contribution >= 4 is 74.6 Å². The van der Waals surface area contributed by atoms with Gasteiger partial charge in [0.1, 0.15) is 0 Å². The van der Waals surface area contributed by atoms with E-state index in [0.717, 1.165) is 12.8 Å². The van der Waals surface area contributed by atoms with Crippen molar-refractivity contribution in [1.29, 1.82) is 0 Å². The van der Waals surface area contributed by atoms with Crippen molar-refractivity contribution in [3.8, 4) is 0 Å². The first-order valence-corrected chi connectivity index (χ1v) is 11.3. The Kier molecular flexibility index (Phi) is 36.8. The summed E-state index contributed by atoms with van der Waals surface area (Å²) in [5.41, 5.74) is 0. The standard InChI is InChI=1S/C18H36O2.Ca.Mg.H3O4P.4H/c1-2-3-4-5-6-7-8-9-10-11-12-13-14-15-16-17-18(19)20;;;1-5(2,3)4;;;;/h2-17H2,1H3,(H,19,20);;;(H3,1,2,3,4);;;;/q;2*+2;;4*-1. The SMILES string of the molecule is CCCCCCCCCCCCCCCCCC(=O)O.O=P(O)(O)O.[Ca+2].[H-].[H-].[H-].[H-].[Mg+2]. The van der Waals surface area contributed by atoms with E-state index in [4.69, 9.17) is 24.4 Å². The maximum atomic E-state index is 10.3. The molecule has 0 unspecified atom stereocenters. The molecule has 0 saturated carbocycles. The zero-order valence-corrected chi connectivity index (χ0v) is 21.8. The molecule has 0 radical (unpaired) electrons. The number of phosphoric acid groups is 1. The van der Waals surface area contributed by atoms with Crippen molar-refractivity contribution < 1.29 is 34.9 Å². The molecule has 160 valence electrons. The van der Waals surface area contributed by atoms with Crippen LogP contribution in [0.4, 0.5) is 0 Å². The predicted molar refractivity (Wildman–Crippen MR) is 117 cm³/mol. The zero-order chi connectivity index (χ0) is 19.4. The van der Waals surface area contributed by atoms with Gasteiger partial charge in [-0.2, -0.15) is 0 Å². The van der Waals surface area contributed by atoms with Crippen molar-refractivity contribution in [2.24, 2.45) is 0 Å². The second-order valence-corrected chi connectivity index (χ2v) is 7.63. The molecular weight excluding hydrogens is 408 g/mol. The molecule has 0 fully saturated rings. The molecule has 0 rings (SSSR count). The molecule has 0 aliphatic carbocycles. The first-order chi connectivity index (χ1) is 11.8. The van der Waals surface area contributed by atoms with Crippen molar-refractivity contribution in [1.82, 2.24) is 0 Å². The zero-order valence-electron chi connectivity index (χ0n) is 21.3. The Labute approximate surface area is 217 Å². The maximum absolute atomic E-state index is 10.3. The van der Waals surface area contributed by atoms with Gasteiger partial charge in [0, 0.05) is 6.42 Å². The number of hydrogen-bond donors (Lipinski definition) is 4. The van der Waals surface area contributed by atoms with Gasteiger partial charge >= 0.3 is 74.6 Å². The van der Waals surface area contributed by atoms with Crippen LogP contribution in [0.25, 0.3) is 0 Å². The van der Waals surface area contributed by atoms with E-state index in [1.165, 1.54) is 83.5 Å². The maximum Gasteiger partial charge on any atom is 2.00 e. The van der Waals surface area contributed by atoms with Crippen molar-refractivity contribution in [3.05, 3.63) is 0 Å². The molecule has 0 amide bonds. The molecule has 0 bridgehead atoms. The first kappa shape index (κ1) is 36.0. The summed E-state index contributed by atoms with van der Waals surface area (Å²) in [5, 5.41) is 8.52. The molecule has 0 heterocycles. The molecule has 4 N–H and O–H groups in total. The van der Waals surface area contributed by atoms with E-state index in [9.17, 15) is 4.79 Å². The number of aliphatic carboxylic acids is 1. The quantitative estimate of drug-likeness (QED) is 0.148. The van der Waals surface area contributed by atoms with Gasteiger partial charge in [-0.25, -0.2) is 4.57 Å². The van der Waals surface area contributed by atoms with Crippen LogP contribution in [0.5, 0.6) is 0 Å². The van der Waals surface area contributed by atoms with Crippen LogP contribution in [-0.2, 0) is 9.36 Å². The van der Waals surface area contributed by atoms with Crippen LogP contribution in [0.3, 0.4) is 0 Å². The Morgan fingerprint density at radius 2 is 0.926 bits per heavy atom. The van der Waals surface area contributed by atoms with E-state index in [0.29, 0.717) is 6.42 Å². The predicted octanol–water partition coefficient (Wildman–Crippen LogP) is 5.09. The fraction of sp³-hybridized carbons (Fsp3) is 0.944. The summed E-state index contributed by atoms with van der Waals surface area (Å²) in [4.78, 5) is 31.9. The summed E-state index contributed by atoms with van der Waals surface area (Å²) in [5.74, 6) is -0.653. The van der Waals surface area contributed by atoms with Crippen LogP contribution in [-0.4, -0.2) is 86.5 Å². The monoisotopic (exact) mass is 450 g/mol. The average Bonchev–Trinajstić information content (AvgIpc) is 2.49. The van der Waals surface area contributed by atoms with Gasteiger partial charge in [-0.15, -0.1) is 0 Å². The van der Waals surface area contributed by atoms with Gasteiger partial charge in [-0.3, -0.25) is 4.79 Å². The number of carboxylic acids is 1. The van der Waals surface area contributed by atoms with E-state index in [1.54, 1.807) is 0 Å². The summed E-state index contributed by atoms with van der Waals surface area (Å²) in [6.07, 6.45) is 20.2. The van der Waals surface area contributed by atoms with Crippen LogP contribution in [0.2, 0.25) is 0 Å². The molecule has 0 aromatic carbocycles. The minimum atomic E-state index is -4.64. The second-order valence-electron chi connectivity index (χ2n) is 6.61. The third kappa shape index (κ3) is 52.3. The molecule has 9 heteroatoms. The molecule has 27 heavy (non-hydrogen) atoms. The molecule has 0 aromatic rings. The van der Waals surface area contributed by atoms with Crippen LogP contribution in [0.15, 0.2) is 0 Å². The van der Waals surface area contributed by atoms with Gasteiger partial charge in [0.2, 0.25) is 0 Å². The van der Waals surface area contributed by atoms with Gasteiger partial charge in [-0.05, 0) is 6.42 Å². The van der Waals surface area contributed by atoms with Gasteiger partial charge in [0.05, 0.1) is 0 Å². The molecular formula is C18H43CaMgO6P. The van der Waals surface area contributed by atoms with E-state index < -0.39 is 13.8 Å². The normalized spacial score (nSPS) is 10.2. The summed E-state index contributed by atoms with van der Waals surface area (Å²) >= 11 is 0. The Balaban J connectivity index is -0.0000000721. The minimum absolute atomic E-state index is 0. The number of hydrogen-bond acceptors (Lipinski definition) is 2. The largest absolute Gasteiger partial charge is 2.00 e. The molecule has 0 aliphatic heterocycles. The summed E-state index contributed by atoms with van der Waals surface area (Å²) in [6.45, 7) is 2.27. The molecule has 6 nitrogen and oxygen atoms in total. The smallest absolute Gasteiger partial charge is 1.00 e. The van der Waals surface area contributed by atoms with Crippen molar-refractivity contribution in [2.45, 2.75) is 110 Å². The number of carbonyl (C=O) groups is 1. The van der Waals surface area contributed by atoms with Gasteiger partial charge in [0.15, 0.2) is 0 Å². The Bertz CT molecular complexity index is 351. The third-order valence-electron chi connectivity index (χ3n) is 3.99. The number of rotatable bonds is 16. The molecule has 0 spiro atoms. The van der Waals surface area contributed by atoms with Crippen LogP contribution in [0, 0.1) is 0 Å². The van der Waals surface area contributed by atoms with Crippen molar-refractivity contribution in [3.63, 3.8) is 0 Å². The molecule has 0 aliphatic rings. The molecule has 0 aromatic heterocycles. The summed E-state index contributed by atoms with van der Waals surface area (Å²) in [6, 6.07) is 0. The number of unbranched alkanes of at least 4 members (excludes halogenated alkanes) is 14. The van der Waals surface area contributed by atoms with Gasteiger partial charge in [0.25, 0.3) is 0 Å². The Morgan fingerprint density at radius 3 is 1.15 bits per heavy atom. The average molecular weight is 451 g/mol. The van der Waals surface area contributed by atoms with E-state index in [1.807, 2.05) is 0 Å². The van der Waals surface area contributed by atoms with E-state index in [-0.39, 0.29) is 66.5 Å². The summed E-state index contributed by atoms with van der Waals surface area (Å²) < 4.78 is 8.88. The van der Waals surface area contributed by atoms with E-state index >= 15 is 0 Å². The van der Waals surface area contributed by atoms with Crippen LogP contribution < -0.4 is 0 Å². The fourth-order valence-electron chi connectivity index (χ4n) is 2.65. The van der Waals surface area contributed by atoms with Crippen molar-refractivity contribution in [2.75, 3.05) is 0 Å². The second kappa shape index (κ2) is 27.6.